The summed E-state index contributed by atoms with van der Waals surface area (Å²) in [7, 11) is 0. The number of ether oxygens (including phenoxy) is 3. The fourth-order valence-electron chi connectivity index (χ4n) is 5.27. The summed E-state index contributed by atoms with van der Waals surface area (Å²) in [4.78, 5) is 30.7. The highest BCUT2D eigenvalue weighted by Gasteiger charge is 2.46. The van der Waals surface area contributed by atoms with E-state index in [1.807, 2.05) is 51.1 Å². The van der Waals surface area contributed by atoms with E-state index in [4.69, 9.17) is 14.2 Å². The van der Waals surface area contributed by atoms with Crippen molar-refractivity contribution < 1.29 is 28.9 Å². The average molecular weight is 537 g/mol. The number of likely N-dealkylation sites (N-methyl/N-ethyl adjacent to an activating group) is 1. The molecular formula is C31H40N2O6. The zero-order valence-corrected chi connectivity index (χ0v) is 23.7. The van der Waals surface area contributed by atoms with E-state index in [1.54, 1.807) is 11.0 Å². The largest absolute Gasteiger partial charge is 0.507 e. The lowest BCUT2D eigenvalue weighted by atomic mass is 9.94. The number of aliphatic hydroxyl groups is 1. The Morgan fingerprint density at radius 2 is 1.82 bits per heavy atom. The minimum absolute atomic E-state index is 0.0495. The smallest absolute Gasteiger partial charge is 0.295 e. The molecule has 1 N–H and O–H groups in total. The molecule has 8 heteroatoms. The lowest BCUT2D eigenvalue weighted by Gasteiger charge is -2.28. The van der Waals surface area contributed by atoms with Gasteiger partial charge in [0.1, 0.15) is 17.6 Å². The summed E-state index contributed by atoms with van der Waals surface area (Å²) < 4.78 is 17.6. The number of aliphatic hydroxyl groups excluding tert-OH is 1. The van der Waals surface area contributed by atoms with Gasteiger partial charge in [0, 0.05) is 25.1 Å². The Bertz CT molecular complexity index is 1240. The third-order valence-corrected chi connectivity index (χ3v) is 7.31. The first-order chi connectivity index (χ1) is 18.8. The maximum Gasteiger partial charge on any atom is 0.295 e. The summed E-state index contributed by atoms with van der Waals surface area (Å²) in [5.74, 6) is 0.439. The van der Waals surface area contributed by atoms with Gasteiger partial charge in [0.05, 0.1) is 24.8 Å². The van der Waals surface area contributed by atoms with Crippen LogP contribution in [-0.2, 0) is 16.0 Å². The van der Waals surface area contributed by atoms with Crippen molar-refractivity contribution in [3.05, 3.63) is 58.7 Å². The molecule has 1 saturated heterocycles. The molecule has 0 aliphatic carbocycles. The Hall–Kier alpha value is -3.52. The highest BCUT2D eigenvalue weighted by molar-refractivity contribution is 6.46. The van der Waals surface area contributed by atoms with Gasteiger partial charge in [-0.15, -0.1) is 0 Å². The van der Waals surface area contributed by atoms with Gasteiger partial charge in [-0.25, -0.2) is 0 Å². The maximum absolute atomic E-state index is 13.5. The Morgan fingerprint density at radius 1 is 1.05 bits per heavy atom. The standard InChI is InChI=1S/C31H40N2O6/c1-6-16-38-25-13-10-21(19-26(25)37-9-4)28-27(30(35)31(36)33(28)15-14-32(7-2)8-3)29(34)22-11-12-24-23(18-22)17-20(5)39-24/h10-13,18-20,28,34H,6-9,14-17H2,1-5H3/b29-27-. The Balaban J connectivity index is 1.81. The molecule has 2 atom stereocenters. The average Bonchev–Trinajstić information content (AvgIpc) is 3.43. The van der Waals surface area contributed by atoms with Gasteiger partial charge in [-0.05, 0) is 74.8 Å². The third kappa shape index (κ3) is 5.91. The number of amides is 1. The molecule has 0 aromatic heterocycles. The Morgan fingerprint density at radius 3 is 2.51 bits per heavy atom. The molecule has 1 amide bonds. The molecule has 2 aliphatic rings. The van der Waals surface area contributed by atoms with Gasteiger partial charge in [0.2, 0.25) is 0 Å². The van der Waals surface area contributed by atoms with Gasteiger partial charge in [0.15, 0.2) is 11.5 Å². The van der Waals surface area contributed by atoms with Crippen molar-refractivity contribution in [2.24, 2.45) is 0 Å². The van der Waals surface area contributed by atoms with E-state index in [-0.39, 0.29) is 17.4 Å². The van der Waals surface area contributed by atoms with Crippen molar-refractivity contribution in [2.75, 3.05) is 39.4 Å². The maximum atomic E-state index is 13.5. The van der Waals surface area contributed by atoms with E-state index < -0.39 is 17.7 Å². The van der Waals surface area contributed by atoms with Crippen LogP contribution in [0.15, 0.2) is 42.0 Å². The molecular weight excluding hydrogens is 496 g/mol. The molecule has 2 unspecified atom stereocenters. The first-order valence-electron chi connectivity index (χ1n) is 14.0. The zero-order valence-electron chi connectivity index (χ0n) is 23.7. The van der Waals surface area contributed by atoms with Gasteiger partial charge >= 0.3 is 0 Å². The summed E-state index contributed by atoms with van der Waals surface area (Å²) in [6, 6.07) is 10.1. The first kappa shape index (κ1) is 28.5. The number of rotatable bonds is 12. The van der Waals surface area contributed by atoms with Crippen molar-refractivity contribution >= 4 is 17.4 Å². The molecule has 2 aliphatic heterocycles. The first-order valence-corrected chi connectivity index (χ1v) is 14.0. The minimum atomic E-state index is -0.761. The molecule has 2 aromatic carbocycles. The molecule has 0 bridgehead atoms. The SMILES string of the molecule is CCCOc1ccc(C2/C(=C(/O)c3ccc4c(c3)CC(C)O4)C(=O)C(=O)N2CCN(CC)CC)cc1OCC. The number of fused-ring (bicyclic) bond motifs is 1. The molecule has 210 valence electrons. The highest BCUT2D eigenvalue weighted by atomic mass is 16.5. The van der Waals surface area contributed by atoms with Gasteiger partial charge in [-0.2, -0.15) is 0 Å². The third-order valence-electron chi connectivity index (χ3n) is 7.31. The van der Waals surface area contributed by atoms with Crippen LogP contribution in [0.4, 0.5) is 0 Å². The van der Waals surface area contributed by atoms with Gasteiger partial charge in [-0.1, -0.05) is 26.8 Å². The predicted molar refractivity (Wildman–Crippen MR) is 150 cm³/mol. The lowest BCUT2D eigenvalue weighted by Crippen LogP contribution is -2.38. The molecule has 4 rings (SSSR count). The van der Waals surface area contributed by atoms with E-state index in [0.29, 0.717) is 48.9 Å². The molecule has 2 heterocycles. The van der Waals surface area contributed by atoms with Crippen molar-refractivity contribution in [3.63, 3.8) is 0 Å². The monoisotopic (exact) mass is 536 g/mol. The molecule has 0 saturated carbocycles. The fraction of sp³-hybridized carbons (Fsp3) is 0.484. The van der Waals surface area contributed by atoms with Crippen LogP contribution in [0.25, 0.3) is 5.76 Å². The number of ketones is 1. The summed E-state index contributed by atoms with van der Waals surface area (Å²) in [6.45, 7) is 13.7. The topological polar surface area (TPSA) is 88.5 Å². The van der Waals surface area contributed by atoms with Crippen molar-refractivity contribution in [1.29, 1.82) is 0 Å². The van der Waals surface area contributed by atoms with E-state index in [9.17, 15) is 14.7 Å². The number of benzene rings is 2. The number of Topliss-reactive ketones (excluding diaryl/α,β-unsaturated/α-hetero) is 1. The van der Waals surface area contributed by atoms with Crippen LogP contribution in [0.1, 0.15) is 63.8 Å². The Labute approximate surface area is 231 Å². The number of carbonyl (C=O) groups is 2. The summed E-state index contributed by atoms with van der Waals surface area (Å²) in [5, 5.41) is 11.5. The van der Waals surface area contributed by atoms with Crippen molar-refractivity contribution in [2.45, 2.75) is 59.6 Å². The van der Waals surface area contributed by atoms with E-state index in [2.05, 4.69) is 18.7 Å². The number of carbonyl (C=O) groups excluding carboxylic acids is 2. The van der Waals surface area contributed by atoms with Crippen molar-refractivity contribution in [3.8, 4) is 17.2 Å². The van der Waals surface area contributed by atoms with Gasteiger partial charge < -0.3 is 29.1 Å². The number of hydrogen-bond donors (Lipinski definition) is 1. The predicted octanol–water partition coefficient (Wildman–Crippen LogP) is 4.96. The number of likely N-dealkylation sites (tertiary alicyclic amines) is 1. The Kier molecular flexibility index (Phi) is 9.17. The van der Waals surface area contributed by atoms with E-state index in [1.165, 1.54) is 0 Å². The zero-order chi connectivity index (χ0) is 28.1. The molecule has 0 spiro atoms. The van der Waals surface area contributed by atoms with Gasteiger partial charge in [-0.3, -0.25) is 9.59 Å². The van der Waals surface area contributed by atoms with Crippen LogP contribution in [-0.4, -0.2) is 72.1 Å². The van der Waals surface area contributed by atoms with Crippen LogP contribution in [0.2, 0.25) is 0 Å². The molecule has 1 fully saturated rings. The molecule has 0 radical (unpaired) electrons. The summed E-state index contributed by atoms with van der Waals surface area (Å²) >= 11 is 0. The van der Waals surface area contributed by atoms with Crippen LogP contribution in [0.3, 0.4) is 0 Å². The second kappa shape index (κ2) is 12.6. The minimum Gasteiger partial charge on any atom is -0.507 e. The van der Waals surface area contributed by atoms with Crippen LogP contribution in [0, 0.1) is 0 Å². The van der Waals surface area contributed by atoms with Crippen LogP contribution in [0.5, 0.6) is 17.2 Å². The van der Waals surface area contributed by atoms with Crippen LogP contribution >= 0.6 is 0 Å². The second-order valence-electron chi connectivity index (χ2n) is 9.96. The number of hydrogen-bond acceptors (Lipinski definition) is 7. The number of nitrogens with zero attached hydrogens (tertiary/aromatic N) is 2. The van der Waals surface area contributed by atoms with Crippen LogP contribution < -0.4 is 14.2 Å². The molecule has 2 aromatic rings. The normalized spacial score (nSPS) is 19.9. The fourth-order valence-corrected chi connectivity index (χ4v) is 5.27. The second-order valence-corrected chi connectivity index (χ2v) is 9.96. The lowest BCUT2D eigenvalue weighted by molar-refractivity contribution is -0.140. The summed E-state index contributed by atoms with van der Waals surface area (Å²) in [5.41, 5.74) is 2.22. The highest BCUT2D eigenvalue weighted by Crippen LogP contribution is 2.42. The van der Waals surface area contributed by atoms with E-state index in [0.717, 1.165) is 37.2 Å². The summed E-state index contributed by atoms with van der Waals surface area (Å²) in [6.07, 6.45) is 1.62. The molecule has 39 heavy (non-hydrogen) atoms. The van der Waals surface area contributed by atoms with Gasteiger partial charge in [0.25, 0.3) is 11.7 Å². The molecule has 8 nitrogen and oxygen atoms in total. The van der Waals surface area contributed by atoms with E-state index >= 15 is 0 Å². The quantitative estimate of drug-likeness (QED) is 0.233. The van der Waals surface area contributed by atoms with Crippen molar-refractivity contribution in [1.82, 2.24) is 9.80 Å².